The lowest BCUT2D eigenvalue weighted by Crippen LogP contribution is -2.16. The van der Waals surface area contributed by atoms with Crippen LogP contribution in [0.3, 0.4) is 0 Å². The van der Waals surface area contributed by atoms with Gasteiger partial charge in [0.15, 0.2) is 0 Å². The van der Waals surface area contributed by atoms with Crippen molar-refractivity contribution in [1.29, 1.82) is 0 Å². The molecule has 1 aliphatic heterocycles. The van der Waals surface area contributed by atoms with Crippen LogP contribution >= 0.6 is 0 Å². The molecule has 0 bridgehead atoms. The third-order valence-electron chi connectivity index (χ3n) is 3.89. The van der Waals surface area contributed by atoms with E-state index in [0.717, 1.165) is 6.42 Å². The van der Waals surface area contributed by atoms with Crippen molar-refractivity contribution in [1.82, 2.24) is 0 Å². The van der Waals surface area contributed by atoms with Gasteiger partial charge in [-0.15, -0.1) is 0 Å². The third-order valence-corrected chi connectivity index (χ3v) is 3.89. The first-order valence-corrected chi connectivity index (χ1v) is 6.40. The van der Waals surface area contributed by atoms with Crippen LogP contribution in [0.2, 0.25) is 0 Å². The topological polar surface area (TPSA) is 12.4 Å². The highest BCUT2D eigenvalue weighted by Gasteiger charge is 2.26. The van der Waals surface area contributed by atoms with Gasteiger partial charge >= 0.3 is 0 Å². The highest BCUT2D eigenvalue weighted by molar-refractivity contribution is 5.94. The SMILES string of the molecule is CC1=Nc2c(C)c(C(C)(C)C)c(C)c(C)c2C1. The minimum absolute atomic E-state index is 0.194. The van der Waals surface area contributed by atoms with Crippen molar-refractivity contribution in [3.8, 4) is 0 Å². The van der Waals surface area contributed by atoms with E-state index in [9.17, 15) is 0 Å². The Bertz CT molecular complexity index is 514. The Hall–Kier alpha value is -1.11. The third kappa shape index (κ3) is 1.82. The fraction of sp³-hybridized carbons (Fsp3) is 0.562. The summed E-state index contributed by atoms with van der Waals surface area (Å²) in [4.78, 5) is 4.74. The van der Waals surface area contributed by atoms with E-state index in [1.54, 1.807) is 0 Å². The minimum atomic E-state index is 0.194. The van der Waals surface area contributed by atoms with Gasteiger partial charge in [-0.05, 0) is 60.9 Å². The lowest BCUT2D eigenvalue weighted by Gasteiger charge is -2.27. The summed E-state index contributed by atoms with van der Waals surface area (Å²) in [7, 11) is 0. The number of benzene rings is 1. The zero-order valence-electron chi connectivity index (χ0n) is 12.2. The highest BCUT2D eigenvalue weighted by Crippen LogP contribution is 2.41. The summed E-state index contributed by atoms with van der Waals surface area (Å²) in [6.07, 6.45) is 1.03. The monoisotopic (exact) mass is 229 g/mol. The molecule has 0 saturated heterocycles. The predicted octanol–water partition coefficient (Wildman–Crippen LogP) is 4.56. The zero-order valence-corrected chi connectivity index (χ0v) is 12.2. The Labute approximate surface area is 105 Å². The molecule has 0 saturated carbocycles. The normalized spacial score (nSPS) is 14.9. The minimum Gasteiger partial charge on any atom is -0.257 e. The summed E-state index contributed by atoms with van der Waals surface area (Å²) in [6, 6.07) is 0. The molecule has 0 N–H and O–H groups in total. The van der Waals surface area contributed by atoms with Gasteiger partial charge in [0.1, 0.15) is 0 Å². The van der Waals surface area contributed by atoms with E-state index in [4.69, 9.17) is 4.99 Å². The first kappa shape index (κ1) is 12.3. The highest BCUT2D eigenvalue weighted by atomic mass is 14.8. The molecule has 17 heavy (non-hydrogen) atoms. The maximum Gasteiger partial charge on any atom is 0.0699 e. The number of hydrogen-bond acceptors (Lipinski definition) is 1. The van der Waals surface area contributed by atoms with Crippen LogP contribution in [0.25, 0.3) is 0 Å². The zero-order chi connectivity index (χ0) is 13.0. The average Bonchev–Trinajstić information content (AvgIpc) is 2.55. The Morgan fingerprint density at radius 3 is 2.00 bits per heavy atom. The number of hydrogen-bond donors (Lipinski definition) is 0. The van der Waals surface area contributed by atoms with Crippen molar-refractivity contribution in [3.05, 3.63) is 27.8 Å². The molecule has 2 rings (SSSR count). The van der Waals surface area contributed by atoms with Crippen LogP contribution in [0.5, 0.6) is 0 Å². The van der Waals surface area contributed by atoms with Gasteiger partial charge in [0.05, 0.1) is 5.69 Å². The number of rotatable bonds is 0. The lowest BCUT2D eigenvalue weighted by atomic mass is 9.78. The van der Waals surface area contributed by atoms with E-state index in [0.29, 0.717) is 0 Å². The largest absolute Gasteiger partial charge is 0.257 e. The van der Waals surface area contributed by atoms with Gasteiger partial charge in [-0.3, -0.25) is 4.99 Å². The smallest absolute Gasteiger partial charge is 0.0699 e. The van der Waals surface area contributed by atoms with Crippen LogP contribution in [-0.4, -0.2) is 5.71 Å². The molecule has 0 aromatic heterocycles. The average molecular weight is 229 g/mol. The van der Waals surface area contributed by atoms with Crippen LogP contribution in [0.4, 0.5) is 5.69 Å². The van der Waals surface area contributed by atoms with E-state index >= 15 is 0 Å². The number of fused-ring (bicyclic) bond motifs is 1. The number of nitrogens with zero attached hydrogens (tertiary/aromatic N) is 1. The molecule has 0 spiro atoms. The van der Waals surface area contributed by atoms with Crippen LogP contribution < -0.4 is 0 Å². The van der Waals surface area contributed by atoms with Crippen molar-refractivity contribution in [2.24, 2.45) is 4.99 Å². The molecule has 0 unspecified atom stereocenters. The second-order valence-electron chi connectivity index (χ2n) is 6.35. The molecule has 1 nitrogen and oxygen atoms in total. The molecular formula is C16H23N. The number of aliphatic imine (C=N–C) groups is 1. The van der Waals surface area contributed by atoms with E-state index in [-0.39, 0.29) is 5.41 Å². The maximum absolute atomic E-state index is 4.74. The molecule has 1 heteroatoms. The Kier molecular flexibility index (Phi) is 2.68. The van der Waals surface area contributed by atoms with Crippen LogP contribution in [0, 0.1) is 20.8 Å². The second kappa shape index (κ2) is 3.69. The summed E-state index contributed by atoms with van der Waals surface area (Å²) in [5.74, 6) is 0. The second-order valence-corrected chi connectivity index (χ2v) is 6.35. The molecule has 1 heterocycles. The van der Waals surface area contributed by atoms with Gasteiger partial charge in [-0.25, -0.2) is 0 Å². The summed E-state index contributed by atoms with van der Waals surface area (Å²) >= 11 is 0. The molecule has 0 aliphatic carbocycles. The van der Waals surface area contributed by atoms with E-state index in [1.807, 2.05) is 0 Å². The quantitative estimate of drug-likeness (QED) is 0.618. The van der Waals surface area contributed by atoms with Gasteiger partial charge in [-0.1, -0.05) is 20.8 Å². The molecular weight excluding hydrogens is 206 g/mol. The fourth-order valence-corrected chi connectivity index (χ4v) is 3.20. The van der Waals surface area contributed by atoms with Gasteiger partial charge in [0.25, 0.3) is 0 Å². The Morgan fingerprint density at radius 2 is 1.47 bits per heavy atom. The van der Waals surface area contributed by atoms with Crippen molar-refractivity contribution >= 4 is 11.4 Å². The van der Waals surface area contributed by atoms with Crippen LogP contribution in [-0.2, 0) is 11.8 Å². The molecule has 1 aromatic carbocycles. The van der Waals surface area contributed by atoms with E-state index in [1.165, 1.54) is 39.2 Å². The fourth-order valence-electron chi connectivity index (χ4n) is 3.20. The van der Waals surface area contributed by atoms with E-state index in [2.05, 4.69) is 48.5 Å². The van der Waals surface area contributed by atoms with Gasteiger partial charge in [0, 0.05) is 12.1 Å². The molecule has 0 fully saturated rings. The van der Waals surface area contributed by atoms with Crippen molar-refractivity contribution in [2.75, 3.05) is 0 Å². The summed E-state index contributed by atoms with van der Waals surface area (Å²) in [6.45, 7) is 15.7. The van der Waals surface area contributed by atoms with Crippen LogP contribution in [0.1, 0.15) is 55.5 Å². The van der Waals surface area contributed by atoms with Crippen LogP contribution in [0.15, 0.2) is 4.99 Å². The van der Waals surface area contributed by atoms with Crippen molar-refractivity contribution in [3.63, 3.8) is 0 Å². The molecule has 1 aromatic rings. The summed E-state index contributed by atoms with van der Waals surface area (Å²) in [5.41, 5.74) is 9.90. The first-order chi connectivity index (χ1) is 7.73. The van der Waals surface area contributed by atoms with Crippen molar-refractivity contribution in [2.45, 2.75) is 60.3 Å². The van der Waals surface area contributed by atoms with Gasteiger partial charge < -0.3 is 0 Å². The Morgan fingerprint density at radius 1 is 0.882 bits per heavy atom. The standard InChI is InChI=1S/C16H23N/c1-9-8-13-10(2)11(3)14(16(5,6)7)12(4)15(13)17-9/h8H2,1-7H3. The molecule has 0 amide bonds. The first-order valence-electron chi connectivity index (χ1n) is 6.40. The maximum atomic E-state index is 4.74. The molecule has 0 radical (unpaired) electrons. The molecule has 92 valence electrons. The molecule has 1 aliphatic rings. The lowest BCUT2D eigenvalue weighted by molar-refractivity contribution is 0.581. The van der Waals surface area contributed by atoms with Gasteiger partial charge in [0.2, 0.25) is 0 Å². The summed E-state index contributed by atoms with van der Waals surface area (Å²) < 4.78 is 0. The Balaban J connectivity index is 2.80. The van der Waals surface area contributed by atoms with Crippen molar-refractivity contribution < 1.29 is 0 Å². The summed E-state index contributed by atoms with van der Waals surface area (Å²) in [5, 5.41) is 0. The van der Waals surface area contributed by atoms with E-state index < -0.39 is 0 Å². The predicted molar refractivity (Wildman–Crippen MR) is 75.8 cm³/mol. The van der Waals surface area contributed by atoms with Gasteiger partial charge in [-0.2, -0.15) is 0 Å². The molecule has 0 atom stereocenters.